The molecule has 4 rings (SSSR count). The van der Waals surface area contributed by atoms with E-state index in [1.165, 1.54) is 0 Å². The number of hydrogen-bond donors (Lipinski definition) is 0. The molecule has 4 nitrogen and oxygen atoms in total. The van der Waals surface area contributed by atoms with Gasteiger partial charge in [0.15, 0.2) is 11.6 Å². The van der Waals surface area contributed by atoms with Crippen molar-refractivity contribution in [2.45, 2.75) is 38.9 Å². The highest BCUT2D eigenvalue weighted by Crippen LogP contribution is 2.27. The number of alkyl halides is 1. The molecular formula is C30H30Br2N2O2. The zero-order valence-corrected chi connectivity index (χ0v) is 24.2. The van der Waals surface area contributed by atoms with Crippen molar-refractivity contribution in [3.05, 3.63) is 130 Å². The molecule has 186 valence electrons. The van der Waals surface area contributed by atoms with Crippen molar-refractivity contribution in [2.24, 2.45) is 0 Å². The number of hydrogen-bond acceptors (Lipinski definition) is 4. The number of carbonyl (C=O) groups is 2. The average molecular weight is 610 g/mol. The number of Topliss-reactive ketones (excluding diaryl/α,β-unsaturated/α-hetero) is 2. The van der Waals surface area contributed by atoms with Gasteiger partial charge in [0.05, 0.1) is 0 Å². The normalized spacial score (nSPS) is 10.9. The van der Waals surface area contributed by atoms with Crippen molar-refractivity contribution >= 4 is 44.5 Å². The molecule has 0 saturated heterocycles. The predicted octanol–water partition coefficient (Wildman–Crippen LogP) is 7.72. The number of halogens is 2. The lowest BCUT2D eigenvalue weighted by Gasteiger charge is -2.10. The summed E-state index contributed by atoms with van der Waals surface area (Å²) in [5.41, 5.74) is 7.93. The summed E-state index contributed by atoms with van der Waals surface area (Å²) in [4.78, 5) is 32.1. The van der Waals surface area contributed by atoms with Gasteiger partial charge in [-0.05, 0) is 87.4 Å². The SMILES string of the molecule is Br.Cc1cc(C)cc(C(=O)C(Br)c2ccncc2)c1.Cc1cc(C)cc(C(=O)Cc2ccncc2)c1. The number of carbonyl (C=O) groups excluding carboxylic acids is 2. The smallest absolute Gasteiger partial charge is 0.180 e. The average Bonchev–Trinajstić information content (AvgIpc) is 2.83. The Kier molecular flexibility index (Phi) is 11.3. The van der Waals surface area contributed by atoms with Gasteiger partial charge in [0.2, 0.25) is 0 Å². The maximum atomic E-state index is 12.4. The summed E-state index contributed by atoms with van der Waals surface area (Å²) < 4.78 is 0. The molecule has 4 aromatic rings. The van der Waals surface area contributed by atoms with Gasteiger partial charge in [0.25, 0.3) is 0 Å². The van der Waals surface area contributed by atoms with E-state index in [1.54, 1.807) is 24.8 Å². The molecule has 2 aromatic carbocycles. The van der Waals surface area contributed by atoms with Gasteiger partial charge in [0, 0.05) is 42.3 Å². The first kappa shape index (κ1) is 29.3. The Balaban J connectivity index is 0.000000247. The molecule has 0 aliphatic heterocycles. The molecule has 0 amide bonds. The van der Waals surface area contributed by atoms with Crippen LogP contribution in [0, 0.1) is 27.7 Å². The van der Waals surface area contributed by atoms with Crippen molar-refractivity contribution in [2.75, 3.05) is 0 Å². The Bertz CT molecular complexity index is 1270. The van der Waals surface area contributed by atoms with Crippen LogP contribution in [0.15, 0.2) is 85.5 Å². The maximum Gasteiger partial charge on any atom is 0.180 e. The van der Waals surface area contributed by atoms with Gasteiger partial charge in [-0.25, -0.2) is 0 Å². The second kappa shape index (κ2) is 14.0. The van der Waals surface area contributed by atoms with Gasteiger partial charge in [0.1, 0.15) is 4.83 Å². The van der Waals surface area contributed by atoms with Crippen LogP contribution in [0.2, 0.25) is 0 Å². The molecule has 0 radical (unpaired) electrons. The van der Waals surface area contributed by atoms with E-state index in [1.807, 2.05) is 76.2 Å². The van der Waals surface area contributed by atoms with Gasteiger partial charge < -0.3 is 0 Å². The fourth-order valence-electron chi connectivity index (χ4n) is 3.87. The number of pyridine rings is 2. The second-order valence-electron chi connectivity index (χ2n) is 8.72. The minimum atomic E-state index is -0.318. The summed E-state index contributed by atoms with van der Waals surface area (Å²) in [6.07, 6.45) is 7.25. The van der Waals surface area contributed by atoms with E-state index in [0.29, 0.717) is 6.42 Å². The highest BCUT2D eigenvalue weighted by atomic mass is 79.9. The quantitative estimate of drug-likeness (QED) is 0.166. The van der Waals surface area contributed by atoms with Crippen LogP contribution >= 0.6 is 32.9 Å². The van der Waals surface area contributed by atoms with E-state index < -0.39 is 0 Å². The summed E-state index contributed by atoms with van der Waals surface area (Å²) in [6.45, 7) is 8.02. The lowest BCUT2D eigenvalue weighted by atomic mass is 10.00. The number of benzene rings is 2. The van der Waals surface area contributed by atoms with Crippen LogP contribution in [0.25, 0.3) is 0 Å². The van der Waals surface area contributed by atoms with Gasteiger partial charge in [-0.3, -0.25) is 19.6 Å². The molecule has 36 heavy (non-hydrogen) atoms. The summed E-state index contributed by atoms with van der Waals surface area (Å²) in [5, 5.41) is 0. The Morgan fingerprint density at radius 1 is 0.694 bits per heavy atom. The van der Waals surface area contributed by atoms with E-state index in [9.17, 15) is 9.59 Å². The van der Waals surface area contributed by atoms with Crippen LogP contribution in [-0.4, -0.2) is 21.5 Å². The van der Waals surface area contributed by atoms with E-state index in [0.717, 1.165) is 44.5 Å². The third-order valence-corrected chi connectivity index (χ3v) is 6.34. The van der Waals surface area contributed by atoms with Crippen molar-refractivity contribution in [1.82, 2.24) is 9.97 Å². The second-order valence-corrected chi connectivity index (χ2v) is 9.63. The molecule has 0 N–H and O–H groups in total. The van der Waals surface area contributed by atoms with E-state index in [2.05, 4.69) is 38.0 Å². The predicted molar refractivity (Wildman–Crippen MR) is 155 cm³/mol. The summed E-state index contributed by atoms with van der Waals surface area (Å²) in [6, 6.07) is 19.3. The molecule has 1 unspecified atom stereocenters. The topological polar surface area (TPSA) is 59.9 Å². The summed E-state index contributed by atoms with van der Waals surface area (Å²) in [7, 11) is 0. The highest BCUT2D eigenvalue weighted by molar-refractivity contribution is 9.09. The fourth-order valence-corrected chi connectivity index (χ4v) is 4.44. The van der Waals surface area contributed by atoms with E-state index in [-0.39, 0.29) is 33.4 Å². The molecule has 0 saturated carbocycles. The lowest BCUT2D eigenvalue weighted by Crippen LogP contribution is -2.07. The maximum absolute atomic E-state index is 12.4. The number of aromatic nitrogens is 2. The number of nitrogens with zero attached hydrogens (tertiary/aromatic N) is 2. The largest absolute Gasteiger partial charge is 0.294 e. The monoisotopic (exact) mass is 608 g/mol. The minimum absolute atomic E-state index is 0. The van der Waals surface area contributed by atoms with Crippen molar-refractivity contribution in [3.63, 3.8) is 0 Å². The van der Waals surface area contributed by atoms with Crippen LogP contribution in [-0.2, 0) is 6.42 Å². The molecule has 0 bridgehead atoms. The molecule has 2 heterocycles. The van der Waals surface area contributed by atoms with Gasteiger partial charge in [-0.15, -0.1) is 17.0 Å². The van der Waals surface area contributed by atoms with Crippen molar-refractivity contribution in [3.8, 4) is 0 Å². The zero-order chi connectivity index (χ0) is 25.4. The van der Waals surface area contributed by atoms with Crippen LogP contribution in [0.1, 0.15) is 58.9 Å². The first-order valence-electron chi connectivity index (χ1n) is 11.4. The van der Waals surface area contributed by atoms with Crippen molar-refractivity contribution in [1.29, 1.82) is 0 Å². The molecule has 1 atom stereocenters. The number of aryl methyl sites for hydroxylation is 4. The fraction of sp³-hybridized carbons (Fsp3) is 0.200. The van der Waals surface area contributed by atoms with Gasteiger partial charge >= 0.3 is 0 Å². The first-order valence-corrected chi connectivity index (χ1v) is 12.3. The van der Waals surface area contributed by atoms with Gasteiger partial charge in [-0.1, -0.05) is 50.3 Å². The number of ketones is 2. The van der Waals surface area contributed by atoms with Crippen molar-refractivity contribution < 1.29 is 9.59 Å². The molecule has 0 aliphatic carbocycles. The standard InChI is InChI=1S/C15H14BrNO.C15H15NO.BrH/c1-10-7-11(2)9-13(8-10)15(18)14(16)12-3-5-17-6-4-12;1-11-7-12(2)9-14(8-11)15(17)10-13-3-5-16-6-4-13;/h3-9,14H,1-2H3;3-9H,10H2,1-2H3;1H. The van der Waals surface area contributed by atoms with Crippen LogP contribution in [0.3, 0.4) is 0 Å². The van der Waals surface area contributed by atoms with E-state index >= 15 is 0 Å². The molecule has 6 heteroatoms. The highest BCUT2D eigenvalue weighted by Gasteiger charge is 2.19. The van der Waals surface area contributed by atoms with Crippen LogP contribution in [0.5, 0.6) is 0 Å². The lowest BCUT2D eigenvalue weighted by molar-refractivity contribution is 0.0984. The van der Waals surface area contributed by atoms with Gasteiger partial charge in [-0.2, -0.15) is 0 Å². The molecular weight excluding hydrogens is 580 g/mol. The van der Waals surface area contributed by atoms with Crippen LogP contribution < -0.4 is 0 Å². The van der Waals surface area contributed by atoms with E-state index in [4.69, 9.17) is 0 Å². The zero-order valence-electron chi connectivity index (χ0n) is 20.9. The molecule has 0 spiro atoms. The molecule has 0 aliphatic rings. The Morgan fingerprint density at radius 2 is 1.11 bits per heavy atom. The van der Waals surface area contributed by atoms with Crippen LogP contribution in [0.4, 0.5) is 0 Å². The third-order valence-electron chi connectivity index (χ3n) is 5.39. The minimum Gasteiger partial charge on any atom is -0.294 e. The Morgan fingerprint density at radius 3 is 1.58 bits per heavy atom. The molecule has 0 fully saturated rings. The number of rotatable bonds is 6. The first-order chi connectivity index (χ1) is 16.7. The summed E-state index contributed by atoms with van der Waals surface area (Å²) in [5.74, 6) is 0.232. The Labute approximate surface area is 232 Å². The summed E-state index contributed by atoms with van der Waals surface area (Å²) >= 11 is 3.46. The third kappa shape index (κ3) is 8.61. The Hall–Kier alpha value is -2.96. The molecule has 2 aromatic heterocycles.